The van der Waals surface area contributed by atoms with Gasteiger partial charge in [-0.15, -0.1) is 0 Å². The predicted octanol–water partition coefficient (Wildman–Crippen LogP) is 7.54. The van der Waals surface area contributed by atoms with Gasteiger partial charge in [0.1, 0.15) is 0 Å². The van der Waals surface area contributed by atoms with Crippen LogP contribution < -0.4 is 4.74 Å². The monoisotopic (exact) mass is 422 g/mol. The van der Waals surface area contributed by atoms with E-state index in [9.17, 15) is 13.6 Å². The smallest absolute Gasteiger partial charge is 0.343 e. The lowest BCUT2D eigenvalue weighted by Crippen LogP contribution is -2.10. The van der Waals surface area contributed by atoms with Crippen LogP contribution in [0.3, 0.4) is 0 Å². The van der Waals surface area contributed by atoms with Gasteiger partial charge in [0.2, 0.25) is 5.82 Å². The first-order chi connectivity index (χ1) is 15.0. The van der Waals surface area contributed by atoms with Crippen molar-refractivity contribution in [3.63, 3.8) is 0 Å². The van der Waals surface area contributed by atoms with Crippen LogP contribution in [0.25, 0.3) is 11.1 Å². The van der Waals surface area contributed by atoms with E-state index in [0.717, 1.165) is 17.5 Å². The summed E-state index contributed by atoms with van der Waals surface area (Å²) in [6.07, 6.45) is 5.84. The van der Waals surface area contributed by atoms with Gasteiger partial charge in [-0.05, 0) is 59.7 Å². The third-order valence-corrected chi connectivity index (χ3v) is 5.33. The summed E-state index contributed by atoms with van der Waals surface area (Å²) in [5.41, 5.74) is 3.89. The van der Waals surface area contributed by atoms with Gasteiger partial charge in [-0.3, -0.25) is 0 Å². The number of esters is 1. The minimum absolute atomic E-state index is 0.275. The van der Waals surface area contributed by atoms with Crippen molar-refractivity contribution in [1.29, 1.82) is 0 Å². The molecule has 3 rings (SSSR count). The minimum atomic E-state index is -1.13. The van der Waals surface area contributed by atoms with Crippen molar-refractivity contribution in [2.75, 3.05) is 0 Å². The van der Waals surface area contributed by atoms with Crippen molar-refractivity contribution in [2.24, 2.45) is 0 Å². The maximum atomic E-state index is 14.2. The third kappa shape index (κ3) is 5.78. The van der Waals surface area contributed by atoms with Crippen LogP contribution in [0.15, 0.2) is 60.7 Å². The number of halogens is 2. The average Bonchev–Trinajstić information content (AvgIpc) is 2.79. The summed E-state index contributed by atoms with van der Waals surface area (Å²) in [5.74, 6) is -3.21. The zero-order valence-electron chi connectivity index (χ0n) is 18.1. The van der Waals surface area contributed by atoms with Crippen LogP contribution >= 0.6 is 0 Å². The van der Waals surface area contributed by atoms with Crippen molar-refractivity contribution >= 4 is 5.97 Å². The van der Waals surface area contributed by atoms with Crippen LogP contribution in [0.2, 0.25) is 0 Å². The molecule has 0 heterocycles. The molecule has 31 heavy (non-hydrogen) atoms. The summed E-state index contributed by atoms with van der Waals surface area (Å²) in [5, 5.41) is 0. The standard InChI is InChI=1S/C27H28F2O2/c1-3-5-6-8-19-9-11-20(12-10-19)21-13-15-23(16-14-21)27(30)31-24-18-17-22(7-4-2)25(28)26(24)29/h9-18H,3-8H2,1-2H3. The lowest BCUT2D eigenvalue weighted by molar-refractivity contribution is 0.0726. The second kappa shape index (κ2) is 10.9. The Bertz CT molecular complexity index is 1010. The van der Waals surface area contributed by atoms with Crippen LogP contribution in [0.1, 0.15) is 61.0 Å². The molecule has 0 aliphatic carbocycles. The van der Waals surface area contributed by atoms with Crippen molar-refractivity contribution in [3.05, 3.63) is 89.0 Å². The van der Waals surface area contributed by atoms with E-state index in [4.69, 9.17) is 4.74 Å². The maximum absolute atomic E-state index is 14.2. The van der Waals surface area contributed by atoms with E-state index in [-0.39, 0.29) is 11.1 Å². The molecule has 3 aromatic rings. The second-order valence-electron chi connectivity index (χ2n) is 7.72. The molecular formula is C27H28F2O2. The molecule has 162 valence electrons. The molecule has 0 saturated heterocycles. The highest BCUT2D eigenvalue weighted by molar-refractivity contribution is 5.91. The molecule has 0 atom stereocenters. The molecule has 3 aromatic carbocycles. The minimum Gasteiger partial charge on any atom is -0.420 e. The Balaban J connectivity index is 1.67. The van der Waals surface area contributed by atoms with Crippen LogP contribution in [0.5, 0.6) is 5.75 Å². The topological polar surface area (TPSA) is 26.3 Å². The summed E-state index contributed by atoms with van der Waals surface area (Å²) in [6.45, 7) is 4.08. The Hall–Kier alpha value is -3.01. The number of unbranched alkanes of at least 4 members (excludes halogenated alkanes) is 2. The Morgan fingerprint density at radius 1 is 0.742 bits per heavy atom. The first kappa shape index (κ1) is 22.7. The van der Waals surface area contributed by atoms with Crippen LogP contribution in [-0.4, -0.2) is 5.97 Å². The van der Waals surface area contributed by atoms with Gasteiger partial charge in [0.25, 0.3) is 0 Å². The van der Waals surface area contributed by atoms with Gasteiger partial charge in [-0.2, -0.15) is 4.39 Å². The molecule has 2 nitrogen and oxygen atoms in total. The van der Waals surface area contributed by atoms with E-state index in [1.165, 1.54) is 37.0 Å². The molecule has 0 aliphatic heterocycles. The molecule has 0 fully saturated rings. The van der Waals surface area contributed by atoms with Gasteiger partial charge in [-0.1, -0.05) is 75.6 Å². The largest absolute Gasteiger partial charge is 0.420 e. The molecule has 4 heteroatoms. The van der Waals surface area contributed by atoms with E-state index < -0.39 is 23.4 Å². The van der Waals surface area contributed by atoms with Gasteiger partial charge >= 0.3 is 5.97 Å². The summed E-state index contributed by atoms with van der Waals surface area (Å²) >= 11 is 0. The van der Waals surface area contributed by atoms with Gasteiger partial charge in [-0.25, -0.2) is 9.18 Å². The van der Waals surface area contributed by atoms with Crippen LogP contribution in [0.4, 0.5) is 8.78 Å². The molecule has 0 unspecified atom stereocenters. The van der Waals surface area contributed by atoms with Gasteiger partial charge < -0.3 is 4.74 Å². The first-order valence-corrected chi connectivity index (χ1v) is 10.9. The Labute approximate surface area is 182 Å². The van der Waals surface area contributed by atoms with Crippen molar-refractivity contribution in [1.82, 2.24) is 0 Å². The summed E-state index contributed by atoms with van der Waals surface area (Å²) < 4.78 is 33.4. The fourth-order valence-corrected chi connectivity index (χ4v) is 3.51. The predicted molar refractivity (Wildman–Crippen MR) is 120 cm³/mol. The average molecular weight is 423 g/mol. The summed E-state index contributed by atoms with van der Waals surface area (Å²) in [7, 11) is 0. The number of aryl methyl sites for hydroxylation is 2. The third-order valence-electron chi connectivity index (χ3n) is 5.33. The van der Waals surface area contributed by atoms with Gasteiger partial charge in [0.05, 0.1) is 5.56 Å². The van der Waals surface area contributed by atoms with Crippen LogP contribution in [0, 0.1) is 11.6 Å². The molecule has 0 aliphatic rings. The van der Waals surface area contributed by atoms with E-state index in [1.54, 1.807) is 12.1 Å². The van der Waals surface area contributed by atoms with Crippen molar-refractivity contribution in [2.45, 2.75) is 52.4 Å². The SMILES string of the molecule is CCCCCc1ccc(-c2ccc(C(=O)Oc3ccc(CCC)c(F)c3F)cc2)cc1. The quantitative estimate of drug-likeness (QED) is 0.202. The molecular weight excluding hydrogens is 394 g/mol. The Morgan fingerprint density at radius 2 is 1.39 bits per heavy atom. The highest BCUT2D eigenvalue weighted by Gasteiger charge is 2.17. The number of ether oxygens (including phenoxy) is 1. The van der Waals surface area contributed by atoms with E-state index in [0.29, 0.717) is 12.8 Å². The summed E-state index contributed by atoms with van der Waals surface area (Å²) in [6, 6.07) is 18.1. The number of benzene rings is 3. The van der Waals surface area contributed by atoms with Gasteiger partial charge in [0.15, 0.2) is 11.6 Å². The first-order valence-electron chi connectivity index (χ1n) is 10.9. The Kier molecular flexibility index (Phi) is 7.94. The van der Waals surface area contributed by atoms with E-state index in [1.807, 2.05) is 19.1 Å². The molecule has 0 bridgehead atoms. The number of hydrogen-bond donors (Lipinski definition) is 0. The highest BCUT2D eigenvalue weighted by atomic mass is 19.2. The fraction of sp³-hybridized carbons (Fsp3) is 0.296. The molecule has 0 saturated carbocycles. The van der Waals surface area contributed by atoms with Crippen molar-refractivity contribution < 1.29 is 18.3 Å². The zero-order chi connectivity index (χ0) is 22.2. The Morgan fingerprint density at radius 3 is 2.00 bits per heavy atom. The van der Waals surface area contributed by atoms with Crippen LogP contribution in [-0.2, 0) is 12.8 Å². The lowest BCUT2D eigenvalue weighted by atomic mass is 10.0. The molecule has 0 aromatic heterocycles. The normalized spacial score (nSPS) is 10.8. The molecule has 0 spiro atoms. The molecule has 0 amide bonds. The number of carbonyl (C=O) groups is 1. The fourth-order valence-electron chi connectivity index (χ4n) is 3.51. The number of rotatable bonds is 9. The van der Waals surface area contributed by atoms with Gasteiger partial charge in [0, 0.05) is 0 Å². The van der Waals surface area contributed by atoms with E-state index in [2.05, 4.69) is 31.2 Å². The molecule has 0 radical (unpaired) electrons. The zero-order valence-corrected chi connectivity index (χ0v) is 18.1. The summed E-state index contributed by atoms with van der Waals surface area (Å²) in [4.78, 5) is 12.4. The van der Waals surface area contributed by atoms with E-state index >= 15 is 0 Å². The number of carbonyl (C=O) groups excluding carboxylic acids is 1. The highest BCUT2D eigenvalue weighted by Crippen LogP contribution is 2.25. The maximum Gasteiger partial charge on any atom is 0.343 e. The second-order valence-corrected chi connectivity index (χ2v) is 7.72. The number of hydrogen-bond acceptors (Lipinski definition) is 2. The molecule has 0 N–H and O–H groups in total. The lowest BCUT2D eigenvalue weighted by Gasteiger charge is -2.09. The van der Waals surface area contributed by atoms with Crippen molar-refractivity contribution in [3.8, 4) is 16.9 Å².